The van der Waals surface area contributed by atoms with Gasteiger partial charge in [0.1, 0.15) is 0 Å². The van der Waals surface area contributed by atoms with Gasteiger partial charge in [0, 0.05) is 15.6 Å². The van der Waals surface area contributed by atoms with Gasteiger partial charge in [-0.2, -0.15) is 0 Å². The molecule has 148 valence electrons. The highest BCUT2D eigenvalue weighted by atomic mass is 79.9. The molecule has 4 aromatic carbocycles. The van der Waals surface area contributed by atoms with Crippen LogP contribution in [-0.2, 0) is 0 Å². The van der Waals surface area contributed by atoms with Crippen molar-refractivity contribution in [1.29, 1.82) is 0 Å². The van der Waals surface area contributed by atoms with Gasteiger partial charge in [-0.05, 0) is 52.6 Å². The zero-order valence-corrected chi connectivity index (χ0v) is 18.5. The van der Waals surface area contributed by atoms with Gasteiger partial charge < -0.3 is 0 Å². The molecule has 5 rings (SSSR count). The Morgan fingerprint density at radius 1 is 0.387 bits per heavy atom. The highest BCUT2D eigenvalue weighted by Gasteiger charge is 2.09. The van der Waals surface area contributed by atoms with Crippen LogP contribution in [0.25, 0.3) is 44.8 Å². The second-order valence-electron chi connectivity index (χ2n) is 7.45. The first-order valence-electron chi connectivity index (χ1n) is 10.3. The number of pyridine rings is 1. The fraction of sp³-hybridized carbons (Fsp3) is 0. The summed E-state index contributed by atoms with van der Waals surface area (Å²) in [6, 6.07) is 42.2. The second-order valence-corrected chi connectivity index (χ2v) is 8.36. The third-order valence-electron chi connectivity index (χ3n) is 5.34. The summed E-state index contributed by atoms with van der Waals surface area (Å²) in [6.45, 7) is 0. The number of halogens is 1. The highest BCUT2D eigenvalue weighted by Crippen LogP contribution is 2.32. The van der Waals surface area contributed by atoms with Crippen molar-refractivity contribution in [3.05, 3.63) is 126 Å². The predicted molar refractivity (Wildman–Crippen MR) is 134 cm³/mol. The Labute approximate surface area is 191 Å². The molecule has 0 saturated heterocycles. The van der Waals surface area contributed by atoms with Crippen molar-refractivity contribution in [1.82, 2.24) is 4.98 Å². The summed E-state index contributed by atoms with van der Waals surface area (Å²) in [4.78, 5) is 4.98. The summed E-state index contributed by atoms with van der Waals surface area (Å²) in [7, 11) is 0. The molecule has 0 spiro atoms. The van der Waals surface area contributed by atoms with Gasteiger partial charge in [-0.3, -0.25) is 0 Å². The smallest absolute Gasteiger partial charge is 0.0715 e. The van der Waals surface area contributed by atoms with Gasteiger partial charge in [0.05, 0.1) is 11.4 Å². The molecular weight excluding hydrogens is 442 g/mol. The van der Waals surface area contributed by atoms with Crippen LogP contribution in [0.1, 0.15) is 0 Å². The first-order valence-corrected chi connectivity index (χ1v) is 11.0. The van der Waals surface area contributed by atoms with E-state index < -0.39 is 0 Å². The zero-order valence-electron chi connectivity index (χ0n) is 16.9. The summed E-state index contributed by atoms with van der Waals surface area (Å²) in [5, 5.41) is 0. The van der Waals surface area contributed by atoms with E-state index >= 15 is 0 Å². The third-order valence-corrected chi connectivity index (χ3v) is 5.87. The van der Waals surface area contributed by atoms with Crippen molar-refractivity contribution in [2.24, 2.45) is 0 Å². The molecule has 1 nitrogen and oxygen atoms in total. The topological polar surface area (TPSA) is 12.9 Å². The summed E-state index contributed by atoms with van der Waals surface area (Å²) >= 11 is 3.52. The van der Waals surface area contributed by atoms with Gasteiger partial charge in [0.25, 0.3) is 0 Å². The molecule has 0 saturated carbocycles. The number of nitrogens with zero attached hydrogens (tertiary/aromatic N) is 1. The van der Waals surface area contributed by atoms with Crippen LogP contribution < -0.4 is 0 Å². The van der Waals surface area contributed by atoms with Crippen LogP contribution in [-0.4, -0.2) is 4.98 Å². The van der Waals surface area contributed by atoms with E-state index in [1.54, 1.807) is 0 Å². The minimum absolute atomic E-state index is 0.978. The van der Waals surface area contributed by atoms with Gasteiger partial charge in [-0.25, -0.2) is 4.98 Å². The molecule has 0 N–H and O–H groups in total. The van der Waals surface area contributed by atoms with E-state index in [9.17, 15) is 0 Å². The lowest BCUT2D eigenvalue weighted by Crippen LogP contribution is -1.91. The van der Waals surface area contributed by atoms with Gasteiger partial charge in [0.2, 0.25) is 0 Å². The largest absolute Gasteiger partial charge is 0.248 e. The number of rotatable bonds is 4. The van der Waals surface area contributed by atoms with E-state index in [2.05, 4.69) is 125 Å². The Morgan fingerprint density at radius 2 is 0.871 bits per heavy atom. The molecule has 2 heteroatoms. The zero-order chi connectivity index (χ0) is 21.0. The summed E-state index contributed by atoms with van der Waals surface area (Å²) in [5.41, 5.74) is 8.92. The lowest BCUT2D eigenvalue weighted by Gasteiger charge is -2.11. The van der Waals surface area contributed by atoms with Crippen molar-refractivity contribution in [2.45, 2.75) is 0 Å². The lowest BCUT2D eigenvalue weighted by atomic mass is 9.97. The Morgan fingerprint density at radius 3 is 1.42 bits per heavy atom. The first-order chi connectivity index (χ1) is 15.3. The molecule has 31 heavy (non-hydrogen) atoms. The second kappa shape index (κ2) is 8.71. The van der Waals surface area contributed by atoms with E-state index in [0.29, 0.717) is 0 Å². The molecule has 0 atom stereocenters. The standard InChI is InChI=1S/C29H20BrN/c30-27-16-14-21(15-17-27)24-12-7-13-25(18-24)26-19-28(22-8-3-1-4-9-22)31-29(20-26)23-10-5-2-6-11-23/h1-20H. The maximum absolute atomic E-state index is 4.98. The molecule has 0 aliphatic heterocycles. The Hall–Kier alpha value is -3.49. The van der Waals surface area contributed by atoms with Crippen molar-refractivity contribution >= 4 is 15.9 Å². The molecule has 0 aliphatic rings. The van der Waals surface area contributed by atoms with Gasteiger partial charge >= 0.3 is 0 Å². The maximum Gasteiger partial charge on any atom is 0.0715 e. The van der Waals surface area contributed by atoms with Crippen molar-refractivity contribution in [3.63, 3.8) is 0 Å². The summed E-state index contributed by atoms with van der Waals surface area (Å²) < 4.78 is 1.08. The number of benzene rings is 4. The Bertz CT molecular complexity index is 1250. The molecule has 0 aliphatic carbocycles. The SMILES string of the molecule is Brc1ccc(-c2cccc(-c3cc(-c4ccccc4)nc(-c4ccccc4)c3)c2)cc1. The molecule has 0 bridgehead atoms. The average Bonchev–Trinajstić information content (AvgIpc) is 2.85. The number of hydrogen-bond acceptors (Lipinski definition) is 1. The van der Waals surface area contributed by atoms with Crippen molar-refractivity contribution in [3.8, 4) is 44.8 Å². The number of hydrogen-bond donors (Lipinski definition) is 0. The summed E-state index contributed by atoms with van der Waals surface area (Å²) in [5.74, 6) is 0. The number of aromatic nitrogens is 1. The van der Waals surface area contributed by atoms with Crippen LogP contribution in [0.15, 0.2) is 126 Å². The minimum atomic E-state index is 0.978. The Balaban J connectivity index is 1.65. The summed E-state index contributed by atoms with van der Waals surface area (Å²) in [6.07, 6.45) is 0. The van der Waals surface area contributed by atoms with E-state index in [1.807, 2.05) is 12.1 Å². The molecule has 5 aromatic rings. The molecular formula is C29H20BrN. The van der Waals surface area contributed by atoms with E-state index in [4.69, 9.17) is 4.98 Å². The minimum Gasteiger partial charge on any atom is -0.248 e. The van der Waals surface area contributed by atoms with Crippen LogP contribution in [0, 0.1) is 0 Å². The van der Waals surface area contributed by atoms with Crippen LogP contribution in [0.3, 0.4) is 0 Å². The third kappa shape index (κ3) is 4.35. The highest BCUT2D eigenvalue weighted by molar-refractivity contribution is 9.10. The predicted octanol–water partition coefficient (Wildman–Crippen LogP) is 8.51. The van der Waals surface area contributed by atoms with E-state index in [1.165, 1.54) is 16.7 Å². The molecule has 1 aromatic heterocycles. The van der Waals surface area contributed by atoms with Gasteiger partial charge in [0.15, 0.2) is 0 Å². The van der Waals surface area contributed by atoms with Crippen molar-refractivity contribution < 1.29 is 0 Å². The first kappa shape index (κ1) is 19.5. The van der Waals surface area contributed by atoms with E-state index in [-0.39, 0.29) is 0 Å². The molecule has 0 fully saturated rings. The molecule has 0 radical (unpaired) electrons. The van der Waals surface area contributed by atoms with Crippen LogP contribution in [0.2, 0.25) is 0 Å². The normalized spacial score (nSPS) is 10.7. The molecule has 1 heterocycles. The molecule has 0 unspecified atom stereocenters. The molecule has 0 amide bonds. The fourth-order valence-corrected chi connectivity index (χ4v) is 4.00. The van der Waals surface area contributed by atoms with Crippen LogP contribution in [0.5, 0.6) is 0 Å². The maximum atomic E-state index is 4.98. The monoisotopic (exact) mass is 461 g/mol. The lowest BCUT2D eigenvalue weighted by molar-refractivity contribution is 1.32. The van der Waals surface area contributed by atoms with Gasteiger partial charge in [-0.1, -0.05) is 107 Å². The van der Waals surface area contributed by atoms with E-state index in [0.717, 1.165) is 32.6 Å². The average molecular weight is 462 g/mol. The Kier molecular flexibility index (Phi) is 5.47. The van der Waals surface area contributed by atoms with Crippen LogP contribution in [0.4, 0.5) is 0 Å². The fourth-order valence-electron chi connectivity index (χ4n) is 3.73. The van der Waals surface area contributed by atoms with Crippen LogP contribution >= 0.6 is 15.9 Å². The van der Waals surface area contributed by atoms with Gasteiger partial charge in [-0.15, -0.1) is 0 Å². The quantitative estimate of drug-likeness (QED) is 0.261. The van der Waals surface area contributed by atoms with Crippen molar-refractivity contribution in [2.75, 3.05) is 0 Å².